The predicted octanol–water partition coefficient (Wildman–Crippen LogP) is 12.8. The van der Waals surface area contributed by atoms with Crippen LogP contribution in [0.15, 0.2) is 156 Å². The van der Waals surface area contributed by atoms with Crippen LogP contribution >= 0.6 is 15.9 Å². The van der Waals surface area contributed by atoms with E-state index >= 15 is 0 Å². The Bertz CT molecular complexity index is 2120. The monoisotopic (exact) mass is 643 g/mol. The number of allylic oxidation sites excluding steroid dienone is 4. The maximum absolute atomic E-state index is 3.74. The van der Waals surface area contributed by atoms with Crippen LogP contribution in [-0.4, -0.2) is 0 Å². The first-order valence-corrected chi connectivity index (χ1v) is 16.6. The first kappa shape index (κ1) is 27.9. The van der Waals surface area contributed by atoms with Gasteiger partial charge in [-0.15, -0.1) is 0 Å². The molecule has 0 spiro atoms. The molecular weight excluding hydrogens is 610 g/mol. The van der Waals surface area contributed by atoms with Gasteiger partial charge in [-0.2, -0.15) is 0 Å². The largest absolute Gasteiger partial charge is 0.310 e. The van der Waals surface area contributed by atoms with E-state index in [1.165, 1.54) is 55.4 Å². The van der Waals surface area contributed by atoms with Crippen LogP contribution in [0.1, 0.15) is 37.8 Å². The molecule has 8 rings (SSSR count). The summed E-state index contributed by atoms with van der Waals surface area (Å²) >= 11 is 3.74. The van der Waals surface area contributed by atoms with Crippen LogP contribution in [0.2, 0.25) is 0 Å². The Labute approximate surface area is 274 Å². The number of hydrogen-bond donors (Lipinski definition) is 0. The Balaban J connectivity index is 1.23. The van der Waals surface area contributed by atoms with Crippen LogP contribution in [0.3, 0.4) is 0 Å². The third kappa shape index (κ3) is 4.76. The number of benzene rings is 6. The van der Waals surface area contributed by atoms with Crippen molar-refractivity contribution in [1.29, 1.82) is 0 Å². The minimum absolute atomic E-state index is 0.0147. The molecular formula is C43H34BrN. The highest BCUT2D eigenvalue weighted by molar-refractivity contribution is 9.10. The van der Waals surface area contributed by atoms with Crippen LogP contribution < -0.4 is 4.90 Å². The normalized spacial score (nSPS) is 14.8. The number of halogens is 1. The van der Waals surface area contributed by atoms with Crippen molar-refractivity contribution in [3.63, 3.8) is 0 Å². The van der Waals surface area contributed by atoms with E-state index in [1.807, 2.05) is 0 Å². The number of hydrogen-bond acceptors (Lipinski definition) is 1. The molecule has 0 N–H and O–H groups in total. The van der Waals surface area contributed by atoms with E-state index in [2.05, 4.69) is 180 Å². The van der Waals surface area contributed by atoms with Gasteiger partial charge in [0.15, 0.2) is 0 Å². The Morgan fingerprint density at radius 2 is 1.18 bits per heavy atom. The molecule has 0 atom stereocenters. The van der Waals surface area contributed by atoms with Gasteiger partial charge in [-0.05, 0) is 105 Å². The zero-order chi connectivity index (χ0) is 30.5. The van der Waals surface area contributed by atoms with Gasteiger partial charge in [0.2, 0.25) is 0 Å². The van der Waals surface area contributed by atoms with E-state index in [9.17, 15) is 0 Å². The lowest BCUT2D eigenvalue weighted by Gasteiger charge is -2.29. The average Bonchev–Trinajstić information content (AvgIpc) is 3.32. The molecule has 218 valence electrons. The van der Waals surface area contributed by atoms with Gasteiger partial charge in [0, 0.05) is 26.9 Å². The third-order valence-corrected chi connectivity index (χ3v) is 10.4. The van der Waals surface area contributed by atoms with Gasteiger partial charge in [-0.1, -0.05) is 138 Å². The smallest absolute Gasteiger partial charge is 0.0465 e. The summed E-state index contributed by atoms with van der Waals surface area (Å²) in [5, 5.41) is 2.48. The zero-order valence-electron chi connectivity index (χ0n) is 25.6. The fourth-order valence-electron chi connectivity index (χ4n) is 7.34. The van der Waals surface area contributed by atoms with Crippen molar-refractivity contribution in [2.75, 3.05) is 4.90 Å². The van der Waals surface area contributed by atoms with Gasteiger partial charge >= 0.3 is 0 Å². The van der Waals surface area contributed by atoms with Gasteiger partial charge in [0.05, 0.1) is 0 Å². The van der Waals surface area contributed by atoms with E-state index in [1.54, 1.807) is 5.57 Å². The Kier molecular flexibility index (Phi) is 6.84. The van der Waals surface area contributed by atoms with Gasteiger partial charge in [-0.25, -0.2) is 0 Å². The second-order valence-electron chi connectivity index (χ2n) is 12.6. The maximum Gasteiger partial charge on any atom is 0.0465 e. The van der Waals surface area contributed by atoms with Gasteiger partial charge in [0.1, 0.15) is 0 Å². The van der Waals surface area contributed by atoms with Crippen molar-refractivity contribution >= 4 is 49.3 Å². The lowest BCUT2D eigenvalue weighted by atomic mass is 9.78. The maximum atomic E-state index is 3.74. The molecule has 0 fully saturated rings. The molecule has 2 aliphatic rings. The second-order valence-corrected chi connectivity index (χ2v) is 13.5. The van der Waals surface area contributed by atoms with Crippen LogP contribution in [0.25, 0.3) is 38.6 Å². The molecule has 0 aromatic heterocycles. The fraction of sp³-hybridized carbons (Fsp3) is 0.116. The summed E-state index contributed by atoms with van der Waals surface area (Å²) in [4.78, 5) is 2.40. The number of anilines is 3. The molecule has 0 bridgehead atoms. The highest BCUT2D eigenvalue weighted by Gasteiger charge is 2.37. The summed E-state index contributed by atoms with van der Waals surface area (Å²) in [5.41, 5.74) is 14.2. The number of fused-ring (bicyclic) bond motifs is 3. The molecule has 45 heavy (non-hydrogen) atoms. The predicted molar refractivity (Wildman–Crippen MR) is 196 cm³/mol. The zero-order valence-corrected chi connectivity index (χ0v) is 27.2. The molecule has 2 aliphatic carbocycles. The molecule has 2 heteroatoms. The Morgan fingerprint density at radius 1 is 0.578 bits per heavy atom. The van der Waals surface area contributed by atoms with Crippen molar-refractivity contribution in [3.8, 4) is 22.3 Å². The summed E-state index contributed by atoms with van der Waals surface area (Å²) in [6, 6.07) is 48.7. The SMILES string of the molecule is CC1(C)C2=C(C=CCC2)c2ccc(N(c3ccc(-c4ccccc4)cc3)c3ccc(-c4ccc(Br)c5ccccc45)cc3)cc21. The van der Waals surface area contributed by atoms with Crippen LogP contribution in [0, 0.1) is 0 Å². The molecule has 1 nitrogen and oxygen atoms in total. The summed E-state index contributed by atoms with van der Waals surface area (Å²) in [6.45, 7) is 4.79. The highest BCUT2D eigenvalue weighted by atomic mass is 79.9. The highest BCUT2D eigenvalue weighted by Crippen LogP contribution is 2.51. The lowest BCUT2D eigenvalue weighted by Crippen LogP contribution is -2.18. The Hall–Kier alpha value is -4.66. The molecule has 0 aliphatic heterocycles. The van der Waals surface area contributed by atoms with Crippen molar-refractivity contribution in [2.24, 2.45) is 0 Å². The molecule has 0 unspecified atom stereocenters. The van der Waals surface area contributed by atoms with Crippen LogP contribution in [0.4, 0.5) is 17.1 Å². The van der Waals surface area contributed by atoms with Gasteiger partial charge < -0.3 is 4.90 Å². The number of nitrogens with zero attached hydrogens (tertiary/aromatic N) is 1. The standard InChI is InChI=1S/C43H34BrN/c1-43(2)40-15-9-8-13-37(40)38-25-24-34(28-41(38)43)45(32-20-16-30(17-21-32)29-10-4-3-5-11-29)33-22-18-31(19-23-33)35-26-27-42(44)39-14-7-6-12-36(35)39/h3-8,10-14,16-28H,9,15H2,1-2H3. The van der Waals surface area contributed by atoms with Crippen molar-refractivity contribution in [1.82, 2.24) is 0 Å². The quantitative estimate of drug-likeness (QED) is 0.181. The molecule has 0 saturated carbocycles. The summed E-state index contributed by atoms with van der Waals surface area (Å²) in [7, 11) is 0. The first-order chi connectivity index (χ1) is 22.0. The summed E-state index contributed by atoms with van der Waals surface area (Å²) in [5.74, 6) is 0. The molecule has 6 aromatic rings. The van der Waals surface area contributed by atoms with Crippen molar-refractivity contribution in [2.45, 2.75) is 32.1 Å². The molecule has 0 amide bonds. The second kappa shape index (κ2) is 11.1. The molecule has 6 aromatic carbocycles. The third-order valence-electron chi connectivity index (χ3n) is 9.69. The van der Waals surface area contributed by atoms with E-state index in [0.29, 0.717) is 0 Å². The molecule has 0 radical (unpaired) electrons. The molecule has 0 saturated heterocycles. The van der Waals surface area contributed by atoms with Crippen LogP contribution in [-0.2, 0) is 5.41 Å². The summed E-state index contributed by atoms with van der Waals surface area (Å²) < 4.78 is 1.12. The fourth-order valence-corrected chi connectivity index (χ4v) is 7.81. The van der Waals surface area contributed by atoms with E-state index < -0.39 is 0 Å². The van der Waals surface area contributed by atoms with E-state index in [4.69, 9.17) is 0 Å². The first-order valence-electron chi connectivity index (χ1n) is 15.8. The van der Waals surface area contributed by atoms with Crippen molar-refractivity contribution < 1.29 is 0 Å². The van der Waals surface area contributed by atoms with Gasteiger partial charge in [0.25, 0.3) is 0 Å². The lowest BCUT2D eigenvalue weighted by molar-refractivity contribution is 0.607. The minimum Gasteiger partial charge on any atom is -0.310 e. The van der Waals surface area contributed by atoms with Crippen LogP contribution in [0.5, 0.6) is 0 Å². The van der Waals surface area contributed by atoms with E-state index in [0.717, 1.165) is 28.7 Å². The summed E-state index contributed by atoms with van der Waals surface area (Å²) in [6.07, 6.45) is 6.94. The topological polar surface area (TPSA) is 3.24 Å². The van der Waals surface area contributed by atoms with E-state index in [-0.39, 0.29) is 5.41 Å². The number of rotatable bonds is 5. The minimum atomic E-state index is 0.0147. The van der Waals surface area contributed by atoms with Gasteiger partial charge in [-0.3, -0.25) is 0 Å². The average molecular weight is 645 g/mol. The van der Waals surface area contributed by atoms with Crippen molar-refractivity contribution in [3.05, 3.63) is 167 Å². The molecule has 0 heterocycles. The Morgan fingerprint density at radius 3 is 1.91 bits per heavy atom.